The Morgan fingerprint density at radius 2 is 2.67 bits per heavy atom. The van der Waals surface area contributed by atoms with E-state index in [2.05, 4.69) is 20.7 Å². The van der Waals surface area contributed by atoms with Crippen LogP contribution in [0.25, 0.3) is 0 Å². The van der Waals surface area contributed by atoms with Gasteiger partial charge in [0.25, 0.3) is 0 Å². The Balaban J connectivity index is 2.35. The summed E-state index contributed by atoms with van der Waals surface area (Å²) in [5, 5.41) is 5.92. The van der Waals surface area contributed by atoms with Crippen molar-refractivity contribution >= 4 is 17.3 Å². The van der Waals surface area contributed by atoms with Gasteiger partial charge in [-0.3, -0.25) is 10.4 Å². The number of hydrogen-bond donors (Lipinski definition) is 3. The Bertz CT molecular complexity index is 242. The molecule has 0 aliphatic carbocycles. The summed E-state index contributed by atoms with van der Waals surface area (Å²) in [5.74, 6) is 5.72. The Morgan fingerprint density at radius 3 is 3.17 bits per heavy atom. The Labute approximate surface area is 74.7 Å². The summed E-state index contributed by atoms with van der Waals surface area (Å²) in [6.07, 6.45) is 1.76. The highest BCUT2D eigenvalue weighted by atomic mass is 32.1. The number of rotatable bonds is 2. The van der Waals surface area contributed by atoms with Gasteiger partial charge < -0.3 is 5.32 Å². The maximum absolute atomic E-state index is 5.16. The fraction of sp³-hybridized carbons (Fsp3) is 0.333. The molecule has 12 heavy (non-hydrogen) atoms. The van der Waals surface area contributed by atoms with Gasteiger partial charge in [-0.05, 0) is 0 Å². The number of nitrogens with two attached hydrogens (primary N) is 1. The van der Waals surface area contributed by atoms with E-state index in [9.17, 15) is 0 Å². The molecule has 0 aliphatic rings. The number of aliphatic imine (C=N–C) groups is 1. The van der Waals surface area contributed by atoms with Gasteiger partial charge in [-0.25, -0.2) is 10.8 Å². The van der Waals surface area contributed by atoms with Crippen molar-refractivity contribution in [3.8, 4) is 0 Å². The zero-order valence-electron chi connectivity index (χ0n) is 6.74. The van der Waals surface area contributed by atoms with E-state index in [1.165, 1.54) is 0 Å². The first-order valence-electron chi connectivity index (χ1n) is 3.42. The summed E-state index contributed by atoms with van der Waals surface area (Å²) < 4.78 is 0. The van der Waals surface area contributed by atoms with Crippen molar-refractivity contribution < 1.29 is 0 Å². The molecule has 0 spiro atoms. The molecule has 5 nitrogen and oxygen atoms in total. The summed E-state index contributed by atoms with van der Waals surface area (Å²) in [6.45, 7) is 0.647. The summed E-state index contributed by atoms with van der Waals surface area (Å²) in [4.78, 5) is 7.94. The van der Waals surface area contributed by atoms with Crippen LogP contribution in [0.2, 0.25) is 0 Å². The van der Waals surface area contributed by atoms with E-state index >= 15 is 0 Å². The van der Waals surface area contributed by atoms with Crippen molar-refractivity contribution in [1.82, 2.24) is 15.7 Å². The van der Waals surface area contributed by atoms with Crippen LogP contribution in [0, 0.1) is 0 Å². The lowest BCUT2D eigenvalue weighted by atomic mass is 10.6. The van der Waals surface area contributed by atoms with Crippen LogP contribution in [0.4, 0.5) is 0 Å². The van der Waals surface area contributed by atoms with Crippen molar-refractivity contribution in [3.05, 3.63) is 16.6 Å². The van der Waals surface area contributed by atoms with Gasteiger partial charge in [0.2, 0.25) is 5.96 Å². The lowest BCUT2D eigenvalue weighted by molar-refractivity contribution is 0.834. The second-order valence-corrected chi connectivity index (χ2v) is 2.98. The molecule has 1 rings (SSSR count). The highest BCUT2D eigenvalue weighted by Crippen LogP contribution is 2.01. The van der Waals surface area contributed by atoms with Gasteiger partial charge in [0.15, 0.2) is 0 Å². The van der Waals surface area contributed by atoms with Gasteiger partial charge >= 0.3 is 0 Å². The number of guanidine groups is 1. The topological polar surface area (TPSA) is 75.3 Å². The second kappa shape index (κ2) is 4.68. The van der Waals surface area contributed by atoms with Crippen LogP contribution in [0.3, 0.4) is 0 Å². The first kappa shape index (κ1) is 8.95. The molecule has 1 heterocycles. The average molecular weight is 185 g/mol. The number of hydrazine groups is 1. The third kappa shape index (κ3) is 2.48. The highest BCUT2D eigenvalue weighted by Gasteiger charge is 1.96. The normalized spacial score (nSPS) is 11.3. The monoisotopic (exact) mass is 185 g/mol. The molecule has 0 aromatic carbocycles. The van der Waals surface area contributed by atoms with Crippen LogP contribution in [0.1, 0.15) is 5.01 Å². The van der Waals surface area contributed by atoms with E-state index in [-0.39, 0.29) is 0 Å². The first-order valence-corrected chi connectivity index (χ1v) is 4.30. The molecule has 0 aliphatic heterocycles. The summed E-state index contributed by atoms with van der Waals surface area (Å²) in [5.41, 5.74) is 2.43. The molecule has 4 N–H and O–H groups in total. The average Bonchev–Trinajstić information content (AvgIpc) is 2.59. The van der Waals surface area contributed by atoms with Crippen LogP contribution in [0.5, 0.6) is 0 Å². The van der Waals surface area contributed by atoms with Crippen LogP contribution < -0.4 is 16.6 Å². The number of aromatic nitrogens is 1. The Kier molecular flexibility index (Phi) is 3.49. The van der Waals surface area contributed by atoms with E-state index in [1.54, 1.807) is 24.6 Å². The molecule has 0 bridgehead atoms. The molecule has 0 unspecified atom stereocenters. The molecule has 0 radical (unpaired) electrons. The van der Waals surface area contributed by atoms with Crippen molar-refractivity contribution in [2.24, 2.45) is 10.8 Å². The van der Waals surface area contributed by atoms with Gasteiger partial charge in [0.1, 0.15) is 5.01 Å². The molecular formula is C6H11N5S. The van der Waals surface area contributed by atoms with E-state index in [4.69, 9.17) is 5.84 Å². The van der Waals surface area contributed by atoms with Crippen LogP contribution in [-0.2, 0) is 6.54 Å². The van der Waals surface area contributed by atoms with Gasteiger partial charge in [0, 0.05) is 18.6 Å². The molecule has 0 amide bonds. The minimum absolute atomic E-state index is 0.560. The van der Waals surface area contributed by atoms with Gasteiger partial charge in [-0.15, -0.1) is 11.3 Å². The zero-order chi connectivity index (χ0) is 8.81. The first-order chi connectivity index (χ1) is 5.86. The molecule has 0 saturated carbocycles. The van der Waals surface area contributed by atoms with Crippen LogP contribution >= 0.6 is 11.3 Å². The predicted octanol–water partition coefficient (Wildman–Crippen LogP) is -0.318. The predicted molar refractivity (Wildman–Crippen MR) is 49.6 cm³/mol. The molecule has 6 heteroatoms. The van der Waals surface area contributed by atoms with Crippen LogP contribution in [-0.4, -0.2) is 18.0 Å². The quantitative estimate of drug-likeness (QED) is 0.255. The van der Waals surface area contributed by atoms with Crippen LogP contribution in [0.15, 0.2) is 16.6 Å². The summed E-state index contributed by atoms with van der Waals surface area (Å²) in [6, 6.07) is 0. The molecule has 0 atom stereocenters. The van der Waals surface area contributed by atoms with E-state index < -0.39 is 0 Å². The van der Waals surface area contributed by atoms with Crippen molar-refractivity contribution in [2.45, 2.75) is 6.54 Å². The number of nitrogens with zero attached hydrogens (tertiary/aromatic N) is 2. The highest BCUT2D eigenvalue weighted by molar-refractivity contribution is 7.09. The molecular weight excluding hydrogens is 174 g/mol. The smallest absolute Gasteiger partial charge is 0.205 e. The molecule has 0 saturated heterocycles. The van der Waals surface area contributed by atoms with Gasteiger partial charge in [0.05, 0.1) is 6.54 Å². The fourth-order valence-electron chi connectivity index (χ4n) is 0.694. The molecule has 1 aromatic rings. The summed E-state index contributed by atoms with van der Waals surface area (Å²) >= 11 is 1.59. The van der Waals surface area contributed by atoms with Crippen molar-refractivity contribution in [2.75, 3.05) is 7.05 Å². The lowest BCUT2D eigenvalue weighted by Gasteiger charge is -2.05. The third-order valence-corrected chi connectivity index (χ3v) is 2.03. The molecule has 0 fully saturated rings. The van der Waals surface area contributed by atoms with E-state index in [0.29, 0.717) is 12.5 Å². The molecule has 66 valence electrons. The van der Waals surface area contributed by atoms with Crippen molar-refractivity contribution in [1.29, 1.82) is 0 Å². The number of hydrogen-bond acceptors (Lipinski definition) is 4. The SMILES string of the molecule is CN=C(NN)NCc1nccs1. The van der Waals surface area contributed by atoms with Gasteiger partial charge in [-0.2, -0.15) is 0 Å². The zero-order valence-corrected chi connectivity index (χ0v) is 7.56. The maximum Gasteiger partial charge on any atom is 0.205 e. The van der Waals surface area contributed by atoms with E-state index in [1.807, 2.05) is 5.38 Å². The molecule has 1 aromatic heterocycles. The summed E-state index contributed by atoms with van der Waals surface area (Å²) in [7, 11) is 1.66. The second-order valence-electron chi connectivity index (χ2n) is 2.00. The minimum Gasteiger partial charge on any atom is -0.349 e. The standard InChI is InChI=1S/C6H11N5S/c1-8-6(11-7)10-4-5-9-2-3-12-5/h2-3H,4,7H2,1H3,(H2,8,10,11). The minimum atomic E-state index is 0.560. The van der Waals surface area contributed by atoms with Crippen molar-refractivity contribution in [3.63, 3.8) is 0 Å². The number of thiazole rings is 1. The maximum atomic E-state index is 5.16. The van der Waals surface area contributed by atoms with Gasteiger partial charge in [-0.1, -0.05) is 0 Å². The Morgan fingerprint density at radius 1 is 1.83 bits per heavy atom. The largest absolute Gasteiger partial charge is 0.349 e. The third-order valence-electron chi connectivity index (χ3n) is 1.25. The number of nitrogens with one attached hydrogen (secondary N) is 2. The Hall–Kier alpha value is -1.14. The fourth-order valence-corrected chi connectivity index (χ4v) is 1.25. The lowest BCUT2D eigenvalue weighted by Crippen LogP contribution is -2.40. The van der Waals surface area contributed by atoms with E-state index in [0.717, 1.165) is 5.01 Å².